The summed E-state index contributed by atoms with van der Waals surface area (Å²) in [5, 5.41) is 1.09. The van der Waals surface area contributed by atoms with Gasteiger partial charge in [-0.25, -0.2) is 0 Å². The number of hydrogen-bond acceptors (Lipinski definition) is 2. The van der Waals surface area contributed by atoms with Gasteiger partial charge in [0.2, 0.25) is 0 Å². The van der Waals surface area contributed by atoms with Crippen LogP contribution in [-0.2, 0) is 9.53 Å². The molecule has 0 aromatic rings. The lowest BCUT2D eigenvalue weighted by Crippen LogP contribution is -2.18. The molecule has 0 bridgehead atoms. The van der Waals surface area contributed by atoms with Gasteiger partial charge >= 0.3 is 5.97 Å². The van der Waals surface area contributed by atoms with Gasteiger partial charge in [0, 0.05) is 5.33 Å². The SMILES string of the molecule is CCCCCCCCCC(CCCCCCBr)C(=O)OCC. The summed E-state index contributed by atoms with van der Waals surface area (Å²) in [7, 11) is 0. The van der Waals surface area contributed by atoms with Crippen molar-refractivity contribution in [3.8, 4) is 0 Å². The van der Waals surface area contributed by atoms with Crippen molar-refractivity contribution in [1.29, 1.82) is 0 Å². The maximum Gasteiger partial charge on any atom is 0.308 e. The first-order valence-corrected chi connectivity index (χ1v) is 10.6. The van der Waals surface area contributed by atoms with Crippen LogP contribution in [0, 0.1) is 5.92 Å². The van der Waals surface area contributed by atoms with Crippen molar-refractivity contribution in [2.24, 2.45) is 5.92 Å². The van der Waals surface area contributed by atoms with Crippen LogP contribution in [0.3, 0.4) is 0 Å². The molecule has 0 rings (SSSR count). The number of carbonyl (C=O) groups excluding carboxylic acids is 1. The summed E-state index contributed by atoms with van der Waals surface area (Å²) >= 11 is 3.46. The van der Waals surface area contributed by atoms with Gasteiger partial charge in [-0.15, -0.1) is 0 Å². The van der Waals surface area contributed by atoms with E-state index in [1.165, 1.54) is 64.2 Å². The maximum absolute atomic E-state index is 12.0. The number of unbranched alkanes of at least 4 members (excludes halogenated alkanes) is 9. The first-order chi connectivity index (χ1) is 10.8. The molecule has 1 atom stereocenters. The lowest BCUT2D eigenvalue weighted by molar-refractivity contribution is -0.148. The summed E-state index contributed by atoms with van der Waals surface area (Å²) in [4.78, 5) is 12.0. The monoisotopic (exact) mass is 376 g/mol. The van der Waals surface area contributed by atoms with Crippen LogP contribution in [0.4, 0.5) is 0 Å². The Morgan fingerprint density at radius 2 is 1.32 bits per heavy atom. The maximum atomic E-state index is 12.0. The van der Waals surface area contributed by atoms with E-state index in [-0.39, 0.29) is 11.9 Å². The summed E-state index contributed by atoms with van der Waals surface area (Å²) in [5.41, 5.74) is 0. The minimum Gasteiger partial charge on any atom is -0.466 e. The van der Waals surface area contributed by atoms with Crippen molar-refractivity contribution in [2.75, 3.05) is 11.9 Å². The van der Waals surface area contributed by atoms with Crippen LogP contribution in [0.2, 0.25) is 0 Å². The molecule has 0 aliphatic carbocycles. The largest absolute Gasteiger partial charge is 0.466 e. The number of rotatable bonds is 16. The van der Waals surface area contributed by atoms with Gasteiger partial charge in [-0.3, -0.25) is 4.79 Å². The quantitative estimate of drug-likeness (QED) is 0.171. The van der Waals surface area contributed by atoms with Crippen molar-refractivity contribution in [2.45, 2.75) is 97.3 Å². The van der Waals surface area contributed by atoms with Crippen molar-refractivity contribution >= 4 is 21.9 Å². The van der Waals surface area contributed by atoms with E-state index >= 15 is 0 Å². The fraction of sp³-hybridized carbons (Fsp3) is 0.947. The van der Waals surface area contributed by atoms with Crippen LogP contribution in [0.25, 0.3) is 0 Å². The Kier molecular flexibility index (Phi) is 17.3. The number of esters is 1. The van der Waals surface area contributed by atoms with Gasteiger partial charge in [-0.1, -0.05) is 87.1 Å². The lowest BCUT2D eigenvalue weighted by atomic mass is 9.94. The molecule has 3 heteroatoms. The van der Waals surface area contributed by atoms with Crippen LogP contribution < -0.4 is 0 Å². The average molecular weight is 377 g/mol. The molecule has 0 amide bonds. The van der Waals surface area contributed by atoms with Crippen LogP contribution in [0.15, 0.2) is 0 Å². The Balaban J connectivity index is 3.80. The van der Waals surface area contributed by atoms with Gasteiger partial charge in [0.05, 0.1) is 12.5 Å². The fourth-order valence-corrected chi connectivity index (χ4v) is 3.22. The molecular weight excluding hydrogens is 340 g/mol. The van der Waals surface area contributed by atoms with E-state index in [0.717, 1.165) is 24.6 Å². The number of carbonyl (C=O) groups is 1. The molecule has 0 aliphatic rings. The second-order valence-corrected chi connectivity index (χ2v) is 7.04. The minimum absolute atomic E-state index is 0.0361. The summed E-state index contributed by atoms with van der Waals surface area (Å²) in [5.74, 6) is 0.175. The van der Waals surface area contributed by atoms with E-state index in [2.05, 4.69) is 22.9 Å². The average Bonchev–Trinajstić information content (AvgIpc) is 2.52. The molecule has 132 valence electrons. The zero-order chi connectivity index (χ0) is 16.5. The third-order valence-corrected chi connectivity index (χ3v) is 4.77. The summed E-state index contributed by atoms with van der Waals surface area (Å²) in [6.45, 7) is 4.66. The number of ether oxygens (including phenoxy) is 1. The molecule has 0 N–H and O–H groups in total. The zero-order valence-corrected chi connectivity index (χ0v) is 16.5. The highest BCUT2D eigenvalue weighted by Crippen LogP contribution is 2.20. The van der Waals surface area contributed by atoms with E-state index in [1.807, 2.05) is 6.92 Å². The summed E-state index contributed by atoms with van der Waals surface area (Å²) in [6, 6.07) is 0. The van der Waals surface area contributed by atoms with E-state index in [9.17, 15) is 4.79 Å². The Hall–Kier alpha value is -0.0500. The molecule has 0 spiro atoms. The van der Waals surface area contributed by atoms with Crippen LogP contribution >= 0.6 is 15.9 Å². The summed E-state index contributed by atoms with van der Waals surface area (Å²) < 4.78 is 5.25. The zero-order valence-electron chi connectivity index (χ0n) is 14.9. The van der Waals surface area contributed by atoms with E-state index in [1.54, 1.807) is 0 Å². The second-order valence-electron chi connectivity index (χ2n) is 6.25. The van der Waals surface area contributed by atoms with Gasteiger partial charge in [-0.05, 0) is 26.2 Å². The smallest absolute Gasteiger partial charge is 0.308 e. The minimum atomic E-state index is 0.0361. The van der Waals surface area contributed by atoms with Gasteiger partial charge in [0.25, 0.3) is 0 Å². The third kappa shape index (κ3) is 13.6. The van der Waals surface area contributed by atoms with Crippen molar-refractivity contribution < 1.29 is 9.53 Å². The van der Waals surface area contributed by atoms with Gasteiger partial charge < -0.3 is 4.74 Å². The highest BCUT2D eigenvalue weighted by Gasteiger charge is 2.18. The predicted molar refractivity (Wildman–Crippen MR) is 99.6 cm³/mol. The number of halogens is 1. The lowest BCUT2D eigenvalue weighted by Gasteiger charge is -2.15. The standard InChI is InChI=1S/C19H37BrO2/c1-3-5-6-7-8-9-12-15-18(19(21)22-4-2)16-13-10-11-14-17-20/h18H,3-17H2,1-2H3. The second kappa shape index (κ2) is 17.3. The van der Waals surface area contributed by atoms with E-state index in [4.69, 9.17) is 4.74 Å². The summed E-state index contributed by atoms with van der Waals surface area (Å²) in [6.07, 6.45) is 16.1. The molecule has 1 unspecified atom stereocenters. The molecule has 0 saturated heterocycles. The van der Waals surface area contributed by atoms with Crippen molar-refractivity contribution in [1.82, 2.24) is 0 Å². The first kappa shape index (κ1) is 21.9. The Labute approximate surface area is 146 Å². The Bertz CT molecular complexity index is 244. The molecule has 0 radical (unpaired) electrons. The molecule has 2 nitrogen and oxygen atoms in total. The highest BCUT2D eigenvalue weighted by molar-refractivity contribution is 9.09. The molecule has 0 aromatic carbocycles. The van der Waals surface area contributed by atoms with Gasteiger partial charge in [0.15, 0.2) is 0 Å². The molecule has 0 aliphatic heterocycles. The molecule has 0 heterocycles. The molecule has 22 heavy (non-hydrogen) atoms. The molecule has 0 saturated carbocycles. The first-order valence-electron chi connectivity index (χ1n) is 9.48. The van der Waals surface area contributed by atoms with Gasteiger partial charge in [-0.2, -0.15) is 0 Å². The van der Waals surface area contributed by atoms with E-state index in [0.29, 0.717) is 6.61 Å². The van der Waals surface area contributed by atoms with Crippen LogP contribution in [0.1, 0.15) is 97.3 Å². The normalized spacial score (nSPS) is 12.3. The molecule has 0 aromatic heterocycles. The predicted octanol–water partition coefficient (Wildman–Crippen LogP) is 6.65. The van der Waals surface area contributed by atoms with E-state index < -0.39 is 0 Å². The Morgan fingerprint density at radius 3 is 1.82 bits per heavy atom. The Morgan fingerprint density at radius 1 is 0.818 bits per heavy atom. The molecular formula is C19H37BrO2. The number of hydrogen-bond donors (Lipinski definition) is 0. The highest BCUT2D eigenvalue weighted by atomic mass is 79.9. The fourth-order valence-electron chi connectivity index (χ4n) is 2.83. The third-order valence-electron chi connectivity index (χ3n) is 4.21. The number of alkyl halides is 1. The van der Waals surface area contributed by atoms with Gasteiger partial charge in [0.1, 0.15) is 0 Å². The van der Waals surface area contributed by atoms with Crippen LogP contribution in [-0.4, -0.2) is 17.9 Å². The van der Waals surface area contributed by atoms with Crippen LogP contribution in [0.5, 0.6) is 0 Å². The topological polar surface area (TPSA) is 26.3 Å². The van der Waals surface area contributed by atoms with Crippen molar-refractivity contribution in [3.63, 3.8) is 0 Å². The van der Waals surface area contributed by atoms with Crippen molar-refractivity contribution in [3.05, 3.63) is 0 Å². The molecule has 0 fully saturated rings.